The largest absolute Gasteiger partial charge is 0.493 e. The summed E-state index contributed by atoms with van der Waals surface area (Å²) in [4.78, 5) is 24.3. The van der Waals surface area contributed by atoms with Gasteiger partial charge in [-0.1, -0.05) is 84.2 Å². The van der Waals surface area contributed by atoms with E-state index in [2.05, 4.69) is 66.8 Å². The molecular weight excluding hydrogens is 664 g/mol. The Balaban J connectivity index is 1.56. The zero-order valence-electron chi connectivity index (χ0n) is 24.8. The zero-order valence-corrected chi connectivity index (χ0v) is 28.0. The maximum absolute atomic E-state index is 12.1. The van der Waals surface area contributed by atoms with Gasteiger partial charge in [0.1, 0.15) is 11.5 Å². The fourth-order valence-corrected chi connectivity index (χ4v) is 4.65. The molecule has 10 heteroatoms. The van der Waals surface area contributed by atoms with Crippen molar-refractivity contribution in [2.24, 2.45) is 10.2 Å². The summed E-state index contributed by atoms with van der Waals surface area (Å²) in [6.07, 6.45) is 13.8. The Hall–Kier alpha value is -2.72. The Kier molecular flexibility index (Phi) is 18.5. The molecule has 0 aromatic heterocycles. The SMILES string of the molecule is CCCCOc1ccc(Br)cc1/C=N\NC(=O)CCCCCCCCC(=O)N/N=C\c1cc(Br)ccc1OCCCC. The van der Waals surface area contributed by atoms with Gasteiger partial charge >= 0.3 is 0 Å². The normalized spacial score (nSPS) is 11.2. The van der Waals surface area contributed by atoms with E-state index in [1.165, 1.54) is 0 Å². The Morgan fingerprint density at radius 3 is 1.48 bits per heavy atom. The zero-order chi connectivity index (χ0) is 30.4. The number of hydrogen-bond acceptors (Lipinski definition) is 6. The molecule has 0 fully saturated rings. The van der Waals surface area contributed by atoms with Crippen molar-refractivity contribution in [2.45, 2.75) is 90.9 Å². The van der Waals surface area contributed by atoms with Crippen molar-refractivity contribution in [3.05, 3.63) is 56.5 Å². The fourth-order valence-electron chi connectivity index (χ4n) is 3.89. The maximum Gasteiger partial charge on any atom is 0.240 e. The maximum atomic E-state index is 12.1. The molecule has 0 aliphatic heterocycles. The molecule has 2 amide bonds. The van der Waals surface area contributed by atoms with Crippen LogP contribution in [0.25, 0.3) is 0 Å². The molecule has 0 saturated carbocycles. The number of rotatable bonds is 21. The van der Waals surface area contributed by atoms with Gasteiger partial charge in [-0.25, -0.2) is 10.9 Å². The standard InChI is InChI=1S/C32H44Br2N4O4/c1-3-5-19-41-29-17-15-27(33)21-25(29)23-35-37-31(39)13-11-9-7-8-10-12-14-32(40)38-36-24-26-22-28(34)16-18-30(26)42-20-6-4-2/h15-18,21-24H,3-14,19-20H2,1-2H3,(H,37,39)(H,38,40)/b35-23-,36-24-. The van der Waals surface area contributed by atoms with E-state index in [0.717, 1.165) is 95.8 Å². The quantitative estimate of drug-likeness (QED) is 0.0775. The van der Waals surface area contributed by atoms with Gasteiger partial charge in [0.2, 0.25) is 11.8 Å². The smallest absolute Gasteiger partial charge is 0.240 e. The first-order valence-corrected chi connectivity index (χ1v) is 16.5. The van der Waals surface area contributed by atoms with Gasteiger partial charge in [0.25, 0.3) is 0 Å². The van der Waals surface area contributed by atoms with Crippen LogP contribution in [0, 0.1) is 0 Å². The van der Waals surface area contributed by atoms with Crippen LogP contribution in [0.3, 0.4) is 0 Å². The van der Waals surface area contributed by atoms with Crippen molar-refractivity contribution in [1.82, 2.24) is 10.9 Å². The number of carbonyl (C=O) groups is 2. The molecule has 0 heterocycles. The number of hydrazone groups is 2. The Morgan fingerprint density at radius 1 is 0.667 bits per heavy atom. The first-order valence-electron chi connectivity index (χ1n) is 14.9. The molecular formula is C32H44Br2N4O4. The summed E-state index contributed by atoms with van der Waals surface area (Å²) in [7, 11) is 0. The van der Waals surface area contributed by atoms with Crippen molar-refractivity contribution in [3.63, 3.8) is 0 Å². The van der Waals surface area contributed by atoms with Gasteiger partial charge in [0.05, 0.1) is 25.6 Å². The summed E-state index contributed by atoms with van der Waals surface area (Å²) in [6, 6.07) is 11.5. The Morgan fingerprint density at radius 2 is 1.07 bits per heavy atom. The van der Waals surface area contributed by atoms with Crippen LogP contribution in [-0.4, -0.2) is 37.5 Å². The minimum atomic E-state index is -0.102. The third kappa shape index (κ3) is 15.5. The first-order chi connectivity index (χ1) is 20.4. The molecule has 0 aliphatic carbocycles. The van der Waals surface area contributed by atoms with Crippen molar-refractivity contribution in [1.29, 1.82) is 0 Å². The Labute approximate surface area is 267 Å². The van der Waals surface area contributed by atoms with Crippen LogP contribution in [0.1, 0.15) is 102 Å². The van der Waals surface area contributed by atoms with Crippen LogP contribution in [0.2, 0.25) is 0 Å². The number of nitrogens with zero attached hydrogens (tertiary/aromatic N) is 2. The third-order valence-corrected chi connectivity index (χ3v) is 7.28. The van der Waals surface area contributed by atoms with E-state index in [4.69, 9.17) is 9.47 Å². The molecule has 0 bridgehead atoms. The first kappa shape index (κ1) is 35.5. The lowest BCUT2D eigenvalue weighted by molar-refractivity contribution is -0.122. The van der Waals surface area contributed by atoms with E-state index in [1.807, 2.05) is 36.4 Å². The summed E-state index contributed by atoms with van der Waals surface area (Å²) >= 11 is 6.93. The second-order valence-electron chi connectivity index (χ2n) is 9.98. The van der Waals surface area contributed by atoms with Gasteiger partial charge < -0.3 is 9.47 Å². The van der Waals surface area contributed by atoms with Crippen LogP contribution in [0.5, 0.6) is 11.5 Å². The lowest BCUT2D eigenvalue weighted by atomic mass is 10.1. The van der Waals surface area contributed by atoms with Gasteiger partial charge in [-0.15, -0.1) is 0 Å². The van der Waals surface area contributed by atoms with Crippen molar-refractivity contribution in [3.8, 4) is 11.5 Å². The van der Waals surface area contributed by atoms with Gasteiger partial charge in [0, 0.05) is 32.9 Å². The highest BCUT2D eigenvalue weighted by atomic mass is 79.9. The number of halogens is 2. The molecule has 8 nitrogen and oxygen atoms in total. The molecule has 0 radical (unpaired) electrons. The van der Waals surface area contributed by atoms with Crippen molar-refractivity contribution in [2.75, 3.05) is 13.2 Å². The number of benzene rings is 2. The predicted molar refractivity (Wildman–Crippen MR) is 177 cm³/mol. The molecule has 2 N–H and O–H groups in total. The molecule has 2 rings (SSSR count). The monoisotopic (exact) mass is 706 g/mol. The fraction of sp³-hybridized carbons (Fsp3) is 0.500. The van der Waals surface area contributed by atoms with Gasteiger partial charge in [-0.05, 0) is 62.1 Å². The minimum absolute atomic E-state index is 0.102. The van der Waals surface area contributed by atoms with Crippen LogP contribution in [-0.2, 0) is 9.59 Å². The van der Waals surface area contributed by atoms with Gasteiger partial charge in [-0.2, -0.15) is 10.2 Å². The highest BCUT2D eigenvalue weighted by Crippen LogP contribution is 2.23. The summed E-state index contributed by atoms with van der Waals surface area (Å²) < 4.78 is 13.5. The van der Waals surface area contributed by atoms with E-state index in [1.54, 1.807) is 12.4 Å². The topological polar surface area (TPSA) is 101 Å². The van der Waals surface area contributed by atoms with E-state index in [9.17, 15) is 9.59 Å². The van der Waals surface area contributed by atoms with Crippen LogP contribution in [0.4, 0.5) is 0 Å². The lowest BCUT2D eigenvalue weighted by Gasteiger charge is -2.09. The minimum Gasteiger partial charge on any atom is -0.493 e. The molecule has 230 valence electrons. The van der Waals surface area contributed by atoms with Crippen LogP contribution < -0.4 is 20.3 Å². The molecule has 0 saturated heterocycles. The molecule has 0 unspecified atom stereocenters. The molecule has 0 aliphatic rings. The van der Waals surface area contributed by atoms with E-state index >= 15 is 0 Å². The molecule has 0 spiro atoms. The molecule has 2 aromatic carbocycles. The van der Waals surface area contributed by atoms with Crippen LogP contribution >= 0.6 is 31.9 Å². The summed E-state index contributed by atoms with van der Waals surface area (Å²) in [5.74, 6) is 1.29. The molecule has 42 heavy (non-hydrogen) atoms. The van der Waals surface area contributed by atoms with Crippen LogP contribution in [0.15, 0.2) is 55.5 Å². The number of hydrogen-bond donors (Lipinski definition) is 2. The van der Waals surface area contributed by atoms with Gasteiger partial charge in [-0.3, -0.25) is 9.59 Å². The highest BCUT2D eigenvalue weighted by molar-refractivity contribution is 9.10. The second-order valence-corrected chi connectivity index (χ2v) is 11.8. The van der Waals surface area contributed by atoms with Gasteiger partial charge in [0.15, 0.2) is 0 Å². The summed E-state index contributed by atoms with van der Waals surface area (Å²) in [5, 5.41) is 8.21. The summed E-state index contributed by atoms with van der Waals surface area (Å²) in [6.45, 7) is 5.54. The summed E-state index contributed by atoms with van der Waals surface area (Å²) in [5.41, 5.74) is 6.84. The lowest BCUT2D eigenvalue weighted by Crippen LogP contribution is -2.17. The number of amides is 2. The van der Waals surface area contributed by atoms with Crippen molar-refractivity contribution >= 4 is 56.1 Å². The molecule has 2 aromatic rings. The van der Waals surface area contributed by atoms with E-state index in [-0.39, 0.29) is 11.8 Å². The predicted octanol–water partition coefficient (Wildman–Crippen LogP) is 8.29. The average Bonchev–Trinajstić information content (AvgIpc) is 2.97. The second kappa shape index (κ2) is 21.9. The molecule has 0 atom stereocenters. The van der Waals surface area contributed by atoms with E-state index in [0.29, 0.717) is 26.1 Å². The number of unbranched alkanes of at least 4 members (excludes halogenated alkanes) is 7. The average molecular weight is 709 g/mol. The van der Waals surface area contributed by atoms with Crippen molar-refractivity contribution < 1.29 is 19.1 Å². The Bertz CT molecular complexity index is 1070. The number of carbonyl (C=O) groups excluding carboxylic acids is 2. The highest BCUT2D eigenvalue weighted by Gasteiger charge is 2.06. The number of ether oxygens (including phenoxy) is 2. The van der Waals surface area contributed by atoms with E-state index < -0.39 is 0 Å². The third-order valence-electron chi connectivity index (χ3n) is 6.30. The number of nitrogens with one attached hydrogen (secondary N) is 2.